The number of hydrogen-bond donors (Lipinski definition) is 1. The van der Waals surface area contributed by atoms with E-state index in [1.807, 2.05) is 0 Å². The fourth-order valence-corrected chi connectivity index (χ4v) is 2.76. The molecule has 1 N–H and O–H groups in total. The van der Waals surface area contributed by atoms with E-state index in [0.29, 0.717) is 12.8 Å². The molecule has 0 radical (unpaired) electrons. The van der Waals surface area contributed by atoms with Crippen LogP contribution < -0.4 is 5.43 Å². The molecule has 3 rings (SSSR count). The first kappa shape index (κ1) is 14.3. The molecule has 0 aliphatic heterocycles. The quantitative estimate of drug-likeness (QED) is 0.674. The van der Waals surface area contributed by atoms with Crippen LogP contribution in [0.2, 0.25) is 10.0 Å². The van der Waals surface area contributed by atoms with E-state index in [4.69, 9.17) is 28.3 Å². The summed E-state index contributed by atoms with van der Waals surface area (Å²) in [4.78, 5) is 23.3. The first-order valence-electron chi connectivity index (χ1n) is 5.98. The second kappa shape index (κ2) is 4.68. The summed E-state index contributed by atoms with van der Waals surface area (Å²) in [6, 6.07) is -0.154. The molecule has 2 aromatic rings. The number of nitrogens with zero attached hydrogens (tertiary/aromatic N) is 1. The van der Waals surface area contributed by atoms with Gasteiger partial charge in [0.05, 0.1) is 15.9 Å². The Kier molecular flexibility index (Phi) is 3.18. The highest BCUT2D eigenvalue weighted by Crippen LogP contribution is 2.40. The Morgan fingerprint density at radius 1 is 1.24 bits per heavy atom. The molecule has 21 heavy (non-hydrogen) atoms. The molecule has 1 saturated carbocycles. The molecule has 1 aromatic carbocycles. The number of carbonyl (C=O) groups is 1. The molecule has 1 aliphatic rings. The molecule has 1 aliphatic carbocycles. The highest BCUT2D eigenvalue weighted by Gasteiger charge is 2.31. The van der Waals surface area contributed by atoms with Gasteiger partial charge in [0.15, 0.2) is 11.6 Å². The number of carboxylic acid groups (broad SMARTS) is 1. The molecular formula is C13H7Cl2F2NO3. The highest BCUT2D eigenvalue weighted by atomic mass is 35.5. The largest absolute Gasteiger partial charge is 0.477 e. The van der Waals surface area contributed by atoms with Gasteiger partial charge in [0, 0.05) is 12.2 Å². The molecule has 0 spiro atoms. The van der Waals surface area contributed by atoms with Gasteiger partial charge in [-0.25, -0.2) is 13.6 Å². The first-order valence-corrected chi connectivity index (χ1v) is 6.74. The smallest absolute Gasteiger partial charge is 0.341 e. The summed E-state index contributed by atoms with van der Waals surface area (Å²) >= 11 is 11.3. The standard InChI is InChI=1S/C13H7Cl2F2NO3/c14-7-6-11(10(17)8(15)9(7)16)18(4-1-2-4)3-5(12(6)19)13(20)21/h3-4H,1-2H2,(H,20,21). The van der Waals surface area contributed by atoms with E-state index in [-0.39, 0.29) is 11.6 Å². The predicted octanol–water partition coefficient (Wildman–Crippen LogP) is 3.62. The minimum absolute atomic E-state index is 0.154. The lowest BCUT2D eigenvalue weighted by molar-refractivity contribution is 0.0695. The maximum atomic E-state index is 14.3. The van der Waals surface area contributed by atoms with Crippen LogP contribution in [0, 0.1) is 11.6 Å². The summed E-state index contributed by atoms with van der Waals surface area (Å²) in [6.45, 7) is 0. The van der Waals surface area contributed by atoms with Gasteiger partial charge in [-0.1, -0.05) is 23.2 Å². The SMILES string of the molecule is O=C(O)c1cn(C2CC2)c2c(F)c(Cl)c(F)c(Cl)c2c1=O. The normalized spacial score (nSPS) is 14.7. The maximum absolute atomic E-state index is 14.3. The molecule has 4 nitrogen and oxygen atoms in total. The van der Waals surface area contributed by atoms with Crippen LogP contribution in [-0.2, 0) is 0 Å². The van der Waals surface area contributed by atoms with Gasteiger partial charge in [-0.05, 0) is 12.8 Å². The lowest BCUT2D eigenvalue weighted by atomic mass is 10.1. The number of aromatic nitrogens is 1. The molecule has 1 heterocycles. The number of benzene rings is 1. The summed E-state index contributed by atoms with van der Waals surface area (Å²) in [6.07, 6.45) is 2.45. The fourth-order valence-electron chi connectivity index (χ4n) is 2.26. The van der Waals surface area contributed by atoms with E-state index in [9.17, 15) is 18.4 Å². The van der Waals surface area contributed by atoms with Crippen molar-refractivity contribution >= 4 is 40.1 Å². The second-order valence-electron chi connectivity index (χ2n) is 4.80. The summed E-state index contributed by atoms with van der Waals surface area (Å²) in [5.41, 5.74) is -1.88. The lowest BCUT2D eigenvalue weighted by Crippen LogP contribution is -2.20. The molecule has 110 valence electrons. The Balaban J connectivity index is 2.59. The van der Waals surface area contributed by atoms with E-state index in [1.54, 1.807) is 0 Å². The van der Waals surface area contributed by atoms with Crippen LogP contribution in [0.3, 0.4) is 0 Å². The Labute approximate surface area is 126 Å². The fraction of sp³-hybridized carbons (Fsp3) is 0.231. The van der Waals surface area contributed by atoms with Gasteiger partial charge in [-0.15, -0.1) is 0 Å². The predicted molar refractivity (Wildman–Crippen MR) is 73.4 cm³/mol. The Bertz CT molecular complexity index is 859. The van der Waals surface area contributed by atoms with Crippen molar-refractivity contribution in [2.45, 2.75) is 18.9 Å². The van der Waals surface area contributed by atoms with Crippen molar-refractivity contribution < 1.29 is 18.7 Å². The average Bonchev–Trinajstić information content (AvgIpc) is 3.26. The zero-order chi connectivity index (χ0) is 15.5. The number of carboxylic acids is 1. The van der Waals surface area contributed by atoms with Gasteiger partial charge in [-0.3, -0.25) is 4.79 Å². The van der Waals surface area contributed by atoms with Gasteiger partial charge in [0.25, 0.3) is 0 Å². The maximum Gasteiger partial charge on any atom is 0.341 e. The van der Waals surface area contributed by atoms with Crippen LogP contribution >= 0.6 is 23.2 Å². The number of pyridine rings is 1. The van der Waals surface area contributed by atoms with Gasteiger partial charge >= 0.3 is 5.97 Å². The van der Waals surface area contributed by atoms with Crippen molar-refractivity contribution in [3.63, 3.8) is 0 Å². The number of hydrogen-bond acceptors (Lipinski definition) is 2. The molecule has 1 aromatic heterocycles. The monoisotopic (exact) mass is 333 g/mol. The third kappa shape index (κ3) is 2.01. The number of fused-ring (bicyclic) bond motifs is 1. The summed E-state index contributed by atoms with van der Waals surface area (Å²) in [7, 11) is 0. The summed E-state index contributed by atoms with van der Waals surface area (Å²) in [5, 5.41) is 7.09. The van der Waals surface area contributed by atoms with Gasteiger partial charge in [0.1, 0.15) is 10.6 Å². The van der Waals surface area contributed by atoms with Crippen LogP contribution in [0.15, 0.2) is 11.0 Å². The van der Waals surface area contributed by atoms with E-state index < -0.39 is 44.0 Å². The molecule has 8 heteroatoms. The van der Waals surface area contributed by atoms with Crippen molar-refractivity contribution in [3.8, 4) is 0 Å². The van der Waals surface area contributed by atoms with Crippen LogP contribution in [0.5, 0.6) is 0 Å². The number of rotatable bonds is 2. The summed E-state index contributed by atoms with van der Waals surface area (Å²) in [5.74, 6) is -3.87. The third-order valence-corrected chi connectivity index (χ3v) is 4.10. The van der Waals surface area contributed by atoms with Gasteiger partial charge < -0.3 is 9.67 Å². The van der Waals surface area contributed by atoms with Crippen molar-refractivity contribution in [1.29, 1.82) is 0 Å². The second-order valence-corrected chi connectivity index (χ2v) is 5.55. The van der Waals surface area contributed by atoms with Crippen molar-refractivity contribution in [2.24, 2.45) is 0 Å². The molecule has 1 fully saturated rings. The number of halogens is 4. The van der Waals surface area contributed by atoms with Crippen molar-refractivity contribution in [3.05, 3.63) is 43.7 Å². The number of aromatic carboxylic acids is 1. The van der Waals surface area contributed by atoms with E-state index >= 15 is 0 Å². The summed E-state index contributed by atoms with van der Waals surface area (Å²) < 4.78 is 29.3. The Morgan fingerprint density at radius 3 is 2.38 bits per heavy atom. The zero-order valence-corrected chi connectivity index (χ0v) is 11.8. The molecule has 0 atom stereocenters. The molecular weight excluding hydrogens is 327 g/mol. The van der Waals surface area contributed by atoms with Crippen LogP contribution in [0.4, 0.5) is 8.78 Å². The molecule has 0 bridgehead atoms. The average molecular weight is 334 g/mol. The molecule has 0 unspecified atom stereocenters. The van der Waals surface area contributed by atoms with E-state index in [0.717, 1.165) is 6.20 Å². The molecule has 0 amide bonds. The van der Waals surface area contributed by atoms with Gasteiger partial charge in [-0.2, -0.15) is 0 Å². The Morgan fingerprint density at radius 2 is 1.86 bits per heavy atom. The third-order valence-electron chi connectivity index (χ3n) is 3.41. The minimum Gasteiger partial charge on any atom is -0.477 e. The van der Waals surface area contributed by atoms with Crippen LogP contribution in [0.1, 0.15) is 29.2 Å². The van der Waals surface area contributed by atoms with Gasteiger partial charge in [0.2, 0.25) is 5.43 Å². The Hall–Kier alpha value is -1.66. The van der Waals surface area contributed by atoms with E-state index in [2.05, 4.69) is 0 Å². The molecule has 0 saturated heterocycles. The van der Waals surface area contributed by atoms with E-state index in [1.165, 1.54) is 4.57 Å². The first-order chi connectivity index (χ1) is 9.84. The minimum atomic E-state index is -1.48. The van der Waals surface area contributed by atoms with Crippen molar-refractivity contribution in [1.82, 2.24) is 4.57 Å². The highest BCUT2D eigenvalue weighted by molar-refractivity contribution is 6.39. The van der Waals surface area contributed by atoms with Crippen LogP contribution in [0.25, 0.3) is 10.9 Å². The lowest BCUT2D eigenvalue weighted by Gasteiger charge is -2.14. The zero-order valence-electron chi connectivity index (χ0n) is 10.3. The van der Waals surface area contributed by atoms with Crippen molar-refractivity contribution in [2.75, 3.05) is 0 Å². The van der Waals surface area contributed by atoms with Crippen LogP contribution in [-0.4, -0.2) is 15.6 Å². The topological polar surface area (TPSA) is 59.3 Å².